The zero-order chi connectivity index (χ0) is 18.6. The molecule has 1 N–H and O–H groups in total. The van der Waals surface area contributed by atoms with E-state index in [9.17, 15) is 5.11 Å². The van der Waals surface area contributed by atoms with Gasteiger partial charge in [0.1, 0.15) is 5.69 Å². The molecular weight excluding hydrogens is 334 g/mol. The van der Waals surface area contributed by atoms with Gasteiger partial charge in [0.25, 0.3) is 0 Å². The van der Waals surface area contributed by atoms with Crippen molar-refractivity contribution >= 4 is 0 Å². The minimum atomic E-state index is -0.0154. The lowest BCUT2D eigenvalue weighted by Gasteiger charge is -2.26. The van der Waals surface area contributed by atoms with Crippen molar-refractivity contribution in [2.24, 2.45) is 0 Å². The van der Waals surface area contributed by atoms with Crippen LogP contribution in [0.4, 0.5) is 0 Å². The second-order valence-electron chi connectivity index (χ2n) is 7.03. The fourth-order valence-electron chi connectivity index (χ4n) is 3.50. The first-order valence-corrected chi connectivity index (χ1v) is 9.47. The van der Waals surface area contributed by atoms with Crippen LogP contribution in [0.3, 0.4) is 0 Å². The molecule has 1 aromatic heterocycles. The van der Waals surface area contributed by atoms with Crippen molar-refractivity contribution in [2.45, 2.75) is 26.3 Å². The SMILES string of the molecule is Cc1nc(-c2ccccc2)c(-c2ccc(CN3CC[CH]CC3)cc2)nc1O. The molecule has 0 spiro atoms. The second kappa shape index (κ2) is 7.89. The number of hydrogen-bond acceptors (Lipinski definition) is 4. The standard InChI is InChI=1S/C23H24N3O/c1-17-23(27)25-22(21(24-17)19-8-4-2-5-9-19)20-12-10-18(11-13-20)16-26-14-6-3-7-15-26/h2-5,8-13H,6-7,14-16H2,1H3,(H,25,27). The minimum Gasteiger partial charge on any atom is -0.492 e. The Morgan fingerprint density at radius 1 is 0.852 bits per heavy atom. The summed E-state index contributed by atoms with van der Waals surface area (Å²) in [6.07, 6.45) is 4.72. The molecule has 4 nitrogen and oxygen atoms in total. The minimum absolute atomic E-state index is 0.0154. The van der Waals surface area contributed by atoms with E-state index < -0.39 is 0 Å². The summed E-state index contributed by atoms with van der Waals surface area (Å²) in [7, 11) is 0. The lowest BCUT2D eigenvalue weighted by molar-refractivity contribution is 0.246. The van der Waals surface area contributed by atoms with Crippen LogP contribution in [-0.2, 0) is 6.54 Å². The first kappa shape index (κ1) is 17.7. The van der Waals surface area contributed by atoms with Crippen LogP contribution in [0.5, 0.6) is 5.88 Å². The van der Waals surface area contributed by atoms with Crippen molar-refractivity contribution in [3.63, 3.8) is 0 Å². The molecule has 1 aliphatic rings. The number of benzene rings is 2. The third kappa shape index (κ3) is 4.01. The molecule has 27 heavy (non-hydrogen) atoms. The Hall–Kier alpha value is -2.72. The normalized spacial score (nSPS) is 15.0. The molecule has 1 saturated heterocycles. The molecule has 2 heterocycles. The molecule has 4 rings (SSSR count). The molecule has 3 aromatic rings. The highest BCUT2D eigenvalue weighted by Crippen LogP contribution is 2.31. The van der Waals surface area contributed by atoms with Gasteiger partial charge in [-0.1, -0.05) is 54.6 Å². The number of hydrogen-bond donors (Lipinski definition) is 1. The molecule has 0 unspecified atom stereocenters. The molecule has 4 heteroatoms. The van der Waals surface area contributed by atoms with Gasteiger partial charge in [0, 0.05) is 17.7 Å². The number of aromatic nitrogens is 2. The van der Waals surface area contributed by atoms with Crippen molar-refractivity contribution in [3.05, 3.63) is 72.3 Å². The van der Waals surface area contributed by atoms with Gasteiger partial charge >= 0.3 is 0 Å². The van der Waals surface area contributed by atoms with Crippen molar-refractivity contribution in [3.8, 4) is 28.4 Å². The second-order valence-corrected chi connectivity index (χ2v) is 7.03. The maximum absolute atomic E-state index is 10.1. The zero-order valence-corrected chi connectivity index (χ0v) is 15.6. The molecule has 0 bridgehead atoms. The molecular formula is C23H24N3O. The van der Waals surface area contributed by atoms with E-state index >= 15 is 0 Å². The number of aromatic hydroxyl groups is 1. The van der Waals surface area contributed by atoms with Crippen LogP contribution in [-0.4, -0.2) is 33.1 Å². The van der Waals surface area contributed by atoms with Gasteiger partial charge in [0.05, 0.1) is 11.4 Å². The maximum Gasteiger partial charge on any atom is 0.233 e. The topological polar surface area (TPSA) is 49.2 Å². The van der Waals surface area contributed by atoms with E-state index in [1.54, 1.807) is 6.92 Å². The van der Waals surface area contributed by atoms with Crippen LogP contribution in [0.2, 0.25) is 0 Å². The van der Waals surface area contributed by atoms with Gasteiger partial charge in [-0.05, 0) is 44.8 Å². The Morgan fingerprint density at radius 2 is 1.48 bits per heavy atom. The van der Waals surface area contributed by atoms with Gasteiger partial charge in [-0.15, -0.1) is 0 Å². The van der Waals surface area contributed by atoms with E-state index in [1.165, 1.54) is 18.4 Å². The molecule has 0 amide bonds. The average Bonchev–Trinajstić information content (AvgIpc) is 2.72. The first-order valence-electron chi connectivity index (χ1n) is 9.47. The van der Waals surface area contributed by atoms with E-state index in [0.29, 0.717) is 11.4 Å². The van der Waals surface area contributed by atoms with Crippen LogP contribution >= 0.6 is 0 Å². The van der Waals surface area contributed by atoms with Gasteiger partial charge in [-0.2, -0.15) is 0 Å². The van der Waals surface area contributed by atoms with Crippen LogP contribution in [0, 0.1) is 13.3 Å². The number of rotatable bonds is 4. The van der Waals surface area contributed by atoms with Crippen molar-refractivity contribution < 1.29 is 5.11 Å². The van der Waals surface area contributed by atoms with Gasteiger partial charge in [0.15, 0.2) is 0 Å². The summed E-state index contributed by atoms with van der Waals surface area (Å²) < 4.78 is 0. The zero-order valence-electron chi connectivity index (χ0n) is 15.6. The predicted molar refractivity (Wildman–Crippen MR) is 108 cm³/mol. The summed E-state index contributed by atoms with van der Waals surface area (Å²) in [5.74, 6) is -0.0154. The Kier molecular flexibility index (Phi) is 5.16. The third-order valence-electron chi connectivity index (χ3n) is 5.02. The third-order valence-corrected chi connectivity index (χ3v) is 5.02. The monoisotopic (exact) mass is 358 g/mol. The average molecular weight is 358 g/mol. The van der Waals surface area contributed by atoms with E-state index in [-0.39, 0.29) is 5.88 Å². The Labute approximate surface area is 160 Å². The van der Waals surface area contributed by atoms with E-state index in [2.05, 4.69) is 45.6 Å². The summed E-state index contributed by atoms with van der Waals surface area (Å²) >= 11 is 0. The fourth-order valence-corrected chi connectivity index (χ4v) is 3.50. The molecule has 1 radical (unpaired) electrons. The molecule has 0 aliphatic carbocycles. The van der Waals surface area contributed by atoms with Crippen LogP contribution in [0.1, 0.15) is 24.1 Å². The molecule has 0 saturated carbocycles. The highest BCUT2D eigenvalue weighted by Gasteiger charge is 2.15. The van der Waals surface area contributed by atoms with Gasteiger partial charge < -0.3 is 5.11 Å². The molecule has 1 aliphatic heterocycles. The number of aryl methyl sites for hydroxylation is 1. The van der Waals surface area contributed by atoms with Gasteiger partial charge in [-0.25, -0.2) is 9.97 Å². The van der Waals surface area contributed by atoms with Crippen molar-refractivity contribution in [1.82, 2.24) is 14.9 Å². The van der Waals surface area contributed by atoms with E-state index in [0.717, 1.165) is 36.5 Å². The molecule has 137 valence electrons. The van der Waals surface area contributed by atoms with Gasteiger partial charge in [-0.3, -0.25) is 4.90 Å². The Morgan fingerprint density at radius 3 is 2.19 bits per heavy atom. The highest BCUT2D eigenvalue weighted by molar-refractivity contribution is 5.78. The Bertz CT molecular complexity index is 901. The summed E-state index contributed by atoms with van der Waals surface area (Å²) in [4.78, 5) is 11.5. The maximum atomic E-state index is 10.1. The van der Waals surface area contributed by atoms with Crippen LogP contribution < -0.4 is 0 Å². The molecule has 0 atom stereocenters. The summed E-state index contributed by atoms with van der Waals surface area (Å²) in [5.41, 5.74) is 5.31. The van der Waals surface area contributed by atoms with Gasteiger partial charge in [0.2, 0.25) is 5.88 Å². The van der Waals surface area contributed by atoms with Crippen molar-refractivity contribution in [2.75, 3.05) is 13.1 Å². The lowest BCUT2D eigenvalue weighted by Crippen LogP contribution is -2.29. The lowest BCUT2D eigenvalue weighted by atomic mass is 10.0. The predicted octanol–water partition coefficient (Wildman–Crippen LogP) is 4.62. The van der Waals surface area contributed by atoms with Crippen LogP contribution in [0.15, 0.2) is 54.6 Å². The number of nitrogens with zero attached hydrogens (tertiary/aromatic N) is 3. The van der Waals surface area contributed by atoms with E-state index in [4.69, 9.17) is 0 Å². The number of piperidine rings is 1. The molecule has 2 aromatic carbocycles. The van der Waals surface area contributed by atoms with Crippen molar-refractivity contribution in [1.29, 1.82) is 0 Å². The van der Waals surface area contributed by atoms with E-state index in [1.807, 2.05) is 30.3 Å². The summed E-state index contributed by atoms with van der Waals surface area (Å²) in [5, 5.41) is 10.1. The highest BCUT2D eigenvalue weighted by atomic mass is 16.3. The largest absolute Gasteiger partial charge is 0.492 e. The summed E-state index contributed by atoms with van der Waals surface area (Å²) in [6.45, 7) is 5.02. The number of likely N-dealkylation sites (tertiary alicyclic amines) is 1. The Balaban J connectivity index is 1.65. The fraction of sp³-hybridized carbons (Fsp3) is 0.261. The first-order chi connectivity index (χ1) is 13.2. The molecule has 1 fully saturated rings. The van der Waals surface area contributed by atoms with Crippen LogP contribution in [0.25, 0.3) is 22.5 Å². The quantitative estimate of drug-likeness (QED) is 0.739. The smallest absolute Gasteiger partial charge is 0.233 e. The summed E-state index contributed by atoms with van der Waals surface area (Å²) in [6, 6.07) is 18.5.